The number of rotatable bonds is 7. The van der Waals surface area contributed by atoms with Crippen LogP contribution >= 0.6 is 0 Å². The van der Waals surface area contributed by atoms with Crippen molar-refractivity contribution >= 4 is 11.6 Å². The third kappa shape index (κ3) is 6.17. The minimum Gasteiger partial charge on any atom is -0.457 e. The first kappa shape index (κ1) is 26.6. The summed E-state index contributed by atoms with van der Waals surface area (Å²) in [6.07, 6.45) is -4.48. The number of aryl methyl sites for hydroxylation is 1. The second-order valence-electron chi connectivity index (χ2n) is 8.99. The Balaban J connectivity index is 1.42. The Morgan fingerprint density at radius 3 is 2.15 bits per heavy atom. The summed E-state index contributed by atoms with van der Waals surface area (Å²) in [4.78, 5) is 17.0. The van der Waals surface area contributed by atoms with E-state index in [0.29, 0.717) is 28.1 Å². The number of anilines is 1. The van der Waals surface area contributed by atoms with Crippen LogP contribution in [0.15, 0.2) is 97.1 Å². The average Bonchev–Trinajstić information content (AvgIpc) is 3.37. The second-order valence-corrected chi connectivity index (χ2v) is 8.99. The molecule has 0 radical (unpaired) electrons. The lowest BCUT2D eigenvalue weighted by atomic mass is 10.1. The fraction of sp³-hybridized carbons (Fsp3) is 0.100. The van der Waals surface area contributed by atoms with Gasteiger partial charge in [0.15, 0.2) is 5.82 Å². The summed E-state index contributed by atoms with van der Waals surface area (Å²) in [5.74, 6) is -0.399. The van der Waals surface area contributed by atoms with Gasteiger partial charge in [0.25, 0.3) is 5.91 Å². The number of hydrogen-bond acceptors (Lipinski definition) is 4. The number of nitrogens with zero attached hydrogens (tertiary/aromatic N) is 3. The molecule has 10 heteroatoms. The average molecular weight is 547 g/mol. The normalized spacial score (nSPS) is 11.3. The van der Waals surface area contributed by atoms with Gasteiger partial charge in [-0.1, -0.05) is 42.0 Å². The molecule has 6 nitrogen and oxygen atoms in total. The number of amides is 1. The van der Waals surface area contributed by atoms with Crippen LogP contribution in [0.4, 0.5) is 23.2 Å². The highest BCUT2D eigenvalue weighted by Crippen LogP contribution is 2.32. The maximum atomic E-state index is 13.2. The van der Waals surface area contributed by atoms with Gasteiger partial charge in [-0.15, -0.1) is 5.10 Å². The van der Waals surface area contributed by atoms with E-state index in [9.17, 15) is 22.4 Å². The van der Waals surface area contributed by atoms with Crippen molar-refractivity contribution in [3.05, 3.63) is 125 Å². The largest absolute Gasteiger partial charge is 0.457 e. The van der Waals surface area contributed by atoms with Crippen molar-refractivity contribution in [2.75, 3.05) is 5.32 Å². The molecule has 0 aliphatic heterocycles. The van der Waals surface area contributed by atoms with Gasteiger partial charge in [-0.2, -0.15) is 18.2 Å². The van der Waals surface area contributed by atoms with Gasteiger partial charge >= 0.3 is 12.2 Å². The maximum Gasteiger partial charge on any atom is 0.416 e. The molecule has 0 saturated heterocycles. The Hall–Kier alpha value is -4.99. The van der Waals surface area contributed by atoms with Gasteiger partial charge in [-0.05, 0) is 73.2 Å². The molecule has 202 valence electrons. The Morgan fingerprint density at radius 1 is 0.875 bits per heavy atom. The van der Waals surface area contributed by atoms with Gasteiger partial charge in [0.1, 0.15) is 12.4 Å². The number of ether oxygens (including phenoxy) is 1. The minimum atomic E-state index is -4.48. The van der Waals surface area contributed by atoms with Crippen molar-refractivity contribution in [2.45, 2.75) is 19.7 Å². The number of halogens is 4. The number of benzene rings is 4. The molecule has 0 aliphatic carbocycles. The zero-order chi connectivity index (χ0) is 28.3. The molecule has 1 amide bonds. The molecule has 1 N–H and O–H groups in total. The van der Waals surface area contributed by atoms with Crippen molar-refractivity contribution in [1.29, 1.82) is 0 Å². The number of nitrogens with one attached hydrogen (secondary N) is 1. The summed E-state index contributed by atoms with van der Waals surface area (Å²) >= 11 is 0. The van der Waals surface area contributed by atoms with Gasteiger partial charge in [0, 0.05) is 16.8 Å². The summed E-state index contributed by atoms with van der Waals surface area (Å²) < 4.78 is 59.7. The van der Waals surface area contributed by atoms with Gasteiger partial charge in [-0.25, -0.2) is 9.07 Å². The van der Waals surface area contributed by atoms with Crippen LogP contribution in [0.1, 0.15) is 27.0 Å². The highest BCUT2D eigenvalue weighted by molar-refractivity contribution is 6.04. The summed E-state index contributed by atoms with van der Waals surface area (Å²) in [6.45, 7) is 1.99. The van der Waals surface area contributed by atoms with Crippen LogP contribution in [0.2, 0.25) is 0 Å². The van der Waals surface area contributed by atoms with E-state index in [4.69, 9.17) is 4.74 Å². The molecule has 0 atom stereocenters. The van der Waals surface area contributed by atoms with Crippen LogP contribution in [-0.4, -0.2) is 20.7 Å². The Bertz CT molecular complexity index is 1610. The van der Waals surface area contributed by atoms with E-state index >= 15 is 0 Å². The molecule has 40 heavy (non-hydrogen) atoms. The van der Waals surface area contributed by atoms with Crippen LogP contribution in [0.5, 0.6) is 6.01 Å². The lowest BCUT2D eigenvalue weighted by Crippen LogP contribution is -2.11. The highest BCUT2D eigenvalue weighted by Gasteiger charge is 2.30. The van der Waals surface area contributed by atoms with Crippen LogP contribution < -0.4 is 10.1 Å². The van der Waals surface area contributed by atoms with Crippen molar-refractivity contribution in [2.24, 2.45) is 0 Å². The van der Waals surface area contributed by atoms with Gasteiger partial charge < -0.3 is 10.1 Å². The molecular weight excluding hydrogens is 524 g/mol. The van der Waals surface area contributed by atoms with Crippen LogP contribution in [0, 0.1) is 12.7 Å². The van der Waals surface area contributed by atoms with E-state index in [0.717, 1.165) is 17.7 Å². The van der Waals surface area contributed by atoms with Crippen LogP contribution in [-0.2, 0) is 12.8 Å². The summed E-state index contributed by atoms with van der Waals surface area (Å²) in [7, 11) is 0. The smallest absolute Gasteiger partial charge is 0.416 e. The highest BCUT2D eigenvalue weighted by atomic mass is 19.4. The summed E-state index contributed by atoms with van der Waals surface area (Å²) in [5.41, 5.74) is 2.91. The topological polar surface area (TPSA) is 69.0 Å². The Morgan fingerprint density at radius 2 is 1.52 bits per heavy atom. The lowest BCUT2D eigenvalue weighted by Gasteiger charge is -2.10. The van der Waals surface area contributed by atoms with Crippen LogP contribution in [0.3, 0.4) is 0 Å². The maximum absolute atomic E-state index is 13.2. The van der Waals surface area contributed by atoms with E-state index < -0.39 is 11.7 Å². The monoisotopic (exact) mass is 546 g/mol. The molecule has 0 saturated carbocycles. The number of carbonyl (C=O) groups excluding carboxylic acids is 1. The quantitative estimate of drug-likeness (QED) is 0.219. The fourth-order valence-corrected chi connectivity index (χ4v) is 3.85. The van der Waals surface area contributed by atoms with Crippen molar-refractivity contribution in [3.63, 3.8) is 0 Å². The van der Waals surface area contributed by atoms with E-state index in [1.165, 1.54) is 28.9 Å². The Kier molecular flexibility index (Phi) is 7.33. The molecule has 0 fully saturated rings. The number of hydrogen-bond donors (Lipinski definition) is 1. The zero-order valence-corrected chi connectivity index (χ0v) is 21.1. The molecule has 0 aliphatic rings. The minimum absolute atomic E-state index is 0.0176. The molecule has 0 bridgehead atoms. The second kappa shape index (κ2) is 11.0. The molecule has 5 aromatic rings. The zero-order valence-electron chi connectivity index (χ0n) is 21.1. The van der Waals surface area contributed by atoms with E-state index in [-0.39, 0.29) is 30.2 Å². The standard InChI is InChI=1S/C30H22F4N4O2/c1-19-2-6-22(7-3-19)28(39)35-25-14-16-26(17-15-25)38-27(21-8-10-23(11-9-21)30(32,33)34)36-29(37-38)40-18-20-4-12-24(31)13-5-20/h2-17H,18H2,1H3,(H,35,39). The third-order valence-electron chi connectivity index (χ3n) is 6.02. The van der Waals surface area contributed by atoms with E-state index in [1.807, 2.05) is 19.1 Å². The van der Waals surface area contributed by atoms with E-state index in [2.05, 4.69) is 15.4 Å². The molecule has 5 rings (SSSR count). The van der Waals surface area contributed by atoms with Crippen LogP contribution in [0.25, 0.3) is 17.1 Å². The summed E-state index contributed by atoms with van der Waals surface area (Å²) in [5, 5.41) is 7.24. The SMILES string of the molecule is Cc1ccc(C(=O)Nc2ccc(-n3nc(OCc4ccc(F)cc4)nc3-c3ccc(C(F)(F)F)cc3)cc2)cc1. The fourth-order valence-electron chi connectivity index (χ4n) is 3.85. The van der Waals surface area contributed by atoms with Crippen molar-refractivity contribution in [3.8, 4) is 23.1 Å². The van der Waals surface area contributed by atoms with E-state index in [1.54, 1.807) is 48.5 Å². The first-order chi connectivity index (χ1) is 19.2. The number of carbonyl (C=O) groups is 1. The molecule has 1 heterocycles. The predicted molar refractivity (Wildman–Crippen MR) is 142 cm³/mol. The molecular formula is C30H22F4N4O2. The summed E-state index contributed by atoms with van der Waals surface area (Å²) in [6, 6.07) is 24.2. The molecule has 0 unspecified atom stereocenters. The van der Waals surface area contributed by atoms with Gasteiger partial charge in [0.2, 0.25) is 0 Å². The number of alkyl halides is 3. The predicted octanol–water partition coefficient (Wildman–Crippen LogP) is 7.23. The molecule has 4 aromatic carbocycles. The first-order valence-electron chi connectivity index (χ1n) is 12.2. The molecule has 1 aromatic heterocycles. The Labute approximate surface area is 226 Å². The van der Waals surface area contributed by atoms with Gasteiger partial charge in [0.05, 0.1) is 11.3 Å². The lowest BCUT2D eigenvalue weighted by molar-refractivity contribution is -0.137. The van der Waals surface area contributed by atoms with Crippen molar-refractivity contribution < 1.29 is 27.1 Å². The van der Waals surface area contributed by atoms with Gasteiger partial charge in [-0.3, -0.25) is 4.79 Å². The first-order valence-corrected chi connectivity index (χ1v) is 12.2. The number of aromatic nitrogens is 3. The molecule has 0 spiro atoms. The van der Waals surface area contributed by atoms with Crippen molar-refractivity contribution in [1.82, 2.24) is 14.8 Å². The third-order valence-corrected chi connectivity index (χ3v) is 6.02.